The molecule has 0 aromatic carbocycles. The van der Waals surface area contributed by atoms with Gasteiger partial charge >= 0.3 is 0 Å². The summed E-state index contributed by atoms with van der Waals surface area (Å²) in [6.07, 6.45) is 7.18. The topological polar surface area (TPSA) is 79.4 Å². The maximum Gasteiger partial charge on any atom is 0.249 e. The number of rotatable bonds is 5. The van der Waals surface area contributed by atoms with Crippen LogP contribution in [-0.4, -0.2) is 33.6 Å². The minimum absolute atomic E-state index is 0.176. The van der Waals surface area contributed by atoms with Gasteiger partial charge in [-0.3, -0.25) is 19.3 Å². The Bertz CT molecular complexity index is 699. The molecule has 3 rings (SSSR count). The van der Waals surface area contributed by atoms with Crippen LogP contribution < -0.4 is 5.32 Å². The summed E-state index contributed by atoms with van der Waals surface area (Å²) in [5.41, 5.74) is 0. The summed E-state index contributed by atoms with van der Waals surface area (Å²) in [5.74, 6) is -1.22. The Labute approximate surface area is 151 Å². The maximum absolute atomic E-state index is 12.8. The standard InChI is InChI=1S/C18H23N3O3S/c1-10(2)8-14(15(22)20-18-19-9-11(3)25-18)21-16(23)12-6-4-5-7-13(12)17(21)24/h4-5,9-10,12-14H,6-8H2,1-3H3,(H,19,20,22)/t12-,13-,14+/m1/s1. The minimum Gasteiger partial charge on any atom is -0.300 e. The minimum atomic E-state index is -0.783. The second-order valence-corrected chi connectivity index (χ2v) is 8.35. The van der Waals surface area contributed by atoms with Gasteiger partial charge in [0.2, 0.25) is 17.7 Å². The van der Waals surface area contributed by atoms with E-state index >= 15 is 0 Å². The van der Waals surface area contributed by atoms with Crippen molar-refractivity contribution in [3.8, 4) is 0 Å². The normalized spacial score (nSPS) is 23.9. The van der Waals surface area contributed by atoms with E-state index in [1.807, 2.05) is 32.9 Å². The van der Waals surface area contributed by atoms with E-state index in [9.17, 15) is 14.4 Å². The molecule has 134 valence electrons. The number of fused-ring (bicyclic) bond motifs is 1. The van der Waals surface area contributed by atoms with Gasteiger partial charge in [-0.25, -0.2) is 4.98 Å². The van der Waals surface area contributed by atoms with Gasteiger partial charge in [-0.1, -0.05) is 26.0 Å². The van der Waals surface area contributed by atoms with Gasteiger partial charge in [0.25, 0.3) is 0 Å². The number of amides is 3. The van der Waals surface area contributed by atoms with Crippen molar-refractivity contribution < 1.29 is 14.4 Å². The van der Waals surface area contributed by atoms with Crippen LogP contribution in [0.2, 0.25) is 0 Å². The number of hydrogen-bond donors (Lipinski definition) is 1. The average molecular weight is 361 g/mol. The molecule has 1 aliphatic heterocycles. The Morgan fingerprint density at radius 2 is 1.88 bits per heavy atom. The molecular formula is C18H23N3O3S. The Morgan fingerprint density at radius 1 is 1.28 bits per heavy atom. The molecule has 0 spiro atoms. The highest BCUT2D eigenvalue weighted by atomic mass is 32.1. The van der Waals surface area contributed by atoms with Crippen molar-refractivity contribution in [1.29, 1.82) is 0 Å². The van der Waals surface area contributed by atoms with Gasteiger partial charge < -0.3 is 5.32 Å². The van der Waals surface area contributed by atoms with Crippen molar-refractivity contribution in [2.75, 3.05) is 5.32 Å². The zero-order chi connectivity index (χ0) is 18.1. The fraction of sp³-hybridized carbons (Fsp3) is 0.556. The van der Waals surface area contributed by atoms with Gasteiger partial charge in [0.1, 0.15) is 6.04 Å². The lowest BCUT2D eigenvalue weighted by Crippen LogP contribution is -2.48. The Kier molecular flexibility index (Phi) is 5.03. The molecular weight excluding hydrogens is 338 g/mol. The zero-order valence-corrected chi connectivity index (χ0v) is 15.5. The van der Waals surface area contributed by atoms with Crippen molar-refractivity contribution in [2.45, 2.75) is 46.1 Å². The van der Waals surface area contributed by atoms with Crippen LogP contribution in [0.3, 0.4) is 0 Å². The molecule has 1 saturated heterocycles. The van der Waals surface area contributed by atoms with Crippen molar-refractivity contribution in [3.63, 3.8) is 0 Å². The third kappa shape index (κ3) is 3.51. The number of thiazole rings is 1. The largest absolute Gasteiger partial charge is 0.300 e. The number of allylic oxidation sites excluding steroid dienone is 2. The zero-order valence-electron chi connectivity index (χ0n) is 14.7. The molecule has 1 N–H and O–H groups in total. The molecule has 0 saturated carbocycles. The molecule has 3 amide bonds. The van der Waals surface area contributed by atoms with E-state index in [0.717, 1.165) is 4.88 Å². The molecule has 0 bridgehead atoms. The van der Waals surface area contributed by atoms with E-state index in [2.05, 4.69) is 10.3 Å². The number of anilines is 1. The summed E-state index contributed by atoms with van der Waals surface area (Å²) in [6, 6.07) is -0.783. The quantitative estimate of drug-likeness (QED) is 0.646. The highest BCUT2D eigenvalue weighted by Gasteiger charge is 2.51. The number of nitrogens with zero attached hydrogens (tertiary/aromatic N) is 2. The highest BCUT2D eigenvalue weighted by molar-refractivity contribution is 7.15. The molecule has 2 aliphatic rings. The van der Waals surface area contributed by atoms with Crippen molar-refractivity contribution in [3.05, 3.63) is 23.2 Å². The van der Waals surface area contributed by atoms with Crippen LogP contribution >= 0.6 is 11.3 Å². The first-order valence-electron chi connectivity index (χ1n) is 8.63. The summed E-state index contributed by atoms with van der Waals surface area (Å²) >= 11 is 1.38. The van der Waals surface area contributed by atoms with Crippen molar-refractivity contribution >= 4 is 34.2 Å². The maximum atomic E-state index is 12.8. The molecule has 0 radical (unpaired) electrons. The van der Waals surface area contributed by atoms with Crippen LogP contribution in [0.4, 0.5) is 5.13 Å². The van der Waals surface area contributed by atoms with E-state index in [1.165, 1.54) is 16.2 Å². The third-order valence-electron chi connectivity index (χ3n) is 4.70. The van der Waals surface area contributed by atoms with Gasteiger partial charge in [-0.2, -0.15) is 0 Å². The summed E-state index contributed by atoms with van der Waals surface area (Å²) in [5, 5.41) is 3.27. The molecule has 6 nitrogen and oxygen atoms in total. The van der Waals surface area contributed by atoms with Crippen LogP contribution in [0.5, 0.6) is 0 Å². The van der Waals surface area contributed by atoms with Crippen molar-refractivity contribution in [1.82, 2.24) is 9.88 Å². The molecule has 7 heteroatoms. The summed E-state index contributed by atoms with van der Waals surface area (Å²) in [6.45, 7) is 5.87. The van der Waals surface area contributed by atoms with Gasteiger partial charge in [0.05, 0.1) is 11.8 Å². The number of imide groups is 1. The molecule has 0 unspecified atom stereocenters. The summed E-state index contributed by atoms with van der Waals surface area (Å²) in [4.78, 5) is 44.8. The lowest BCUT2D eigenvalue weighted by Gasteiger charge is -2.26. The lowest BCUT2D eigenvalue weighted by atomic mass is 9.85. The first kappa shape index (κ1) is 17.8. The molecule has 1 aromatic rings. The number of aromatic nitrogens is 1. The number of nitrogens with one attached hydrogen (secondary N) is 1. The highest BCUT2D eigenvalue weighted by Crippen LogP contribution is 2.37. The SMILES string of the molecule is Cc1cnc(NC(=O)[C@H](CC(C)C)N2C(=O)[C@@H]3CC=CC[C@H]3C2=O)s1. The number of aryl methyl sites for hydroxylation is 1. The summed E-state index contributed by atoms with van der Waals surface area (Å²) < 4.78 is 0. The second kappa shape index (κ2) is 7.07. The van der Waals surface area contributed by atoms with Crippen LogP contribution in [0.25, 0.3) is 0 Å². The second-order valence-electron chi connectivity index (χ2n) is 7.11. The fourth-order valence-electron chi connectivity index (χ4n) is 3.51. The van der Waals surface area contributed by atoms with E-state index in [0.29, 0.717) is 24.4 Å². The fourth-order valence-corrected chi connectivity index (χ4v) is 4.18. The number of carbonyl (C=O) groups excluding carboxylic acids is 3. The van der Waals surface area contributed by atoms with Crippen molar-refractivity contribution in [2.24, 2.45) is 17.8 Å². The predicted octanol–water partition coefficient (Wildman–Crippen LogP) is 2.76. The molecule has 1 aromatic heterocycles. The van der Waals surface area contributed by atoms with Gasteiger partial charge in [0, 0.05) is 11.1 Å². The molecule has 3 atom stereocenters. The Balaban J connectivity index is 1.83. The van der Waals surface area contributed by atoms with Crippen LogP contribution in [0, 0.1) is 24.7 Å². The Morgan fingerprint density at radius 3 is 2.36 bits per heavy atom. The molecule has 1 aliphatic carbocycles. The van der Waals surface area contributed by atoms with E-state index in [-0.39, 0.29) is 35.5 Å². The monoisotopic (exact) mass is 361 g/mol. The number of carbonyl (C=O) groups is 3. The first-order valence-corrected chi connectivity index (χ1v) is 9.45. The summed E-state index contributed by atoms with van der Waals surface area (Å²) in [7, 11) is 0. The van der Waals surface area contributed by atoms with Crippen LogP contribution in [-0.2, 0) is 14.4 Å². The van der Waals surface area contributed by atoms with Gasteiger partial charge in [0.15, 0.2) is 5.13 Å². The van der Waals surface area contributed by atoms with E-state index in [1.54, 1.807) is 6.20 Å². The third-order valence-corrected chi connectivity index (χ3v) is 5.53. The average Bonchev–Trinajstić information content (AvgIpc) is 3.08. The predicted molar refractivity (Wildman–Crippen MR) is 95.9 cm³/mol. The smallest absolute Gasteiger partial charge is 0.249 e. The molecule has 25 heavy (non-hydrogen) atoms. The number of likely N-dealkylation sites (tertiary alicyclic amines) is 1. The Hall–Kier alpha value is -2.02. The van der Waals surface area contributed by atoms with E-state index in [4.69, 9.17) is 0 Å². The first-order chi connectivity index (χ1) is 11.9. The van der Waals surface area contributed by atoms with Gasteiger partial charge in [-0.15, -0.1) is 11.3 Å². The van der Waals surface area contributed by atoms with Gasteiger partial charge in [-0.05, 0) is 32.1 Å². The van der Waals surface area contributed by atoms with Crippen LogP contribution in [0.15, 0.2) is 18.3 Å². The van der Waals surface area contributed by atoms with Crippen LogP contribution in [0.1, 0.15) is 38.0 Å². The molecule has 1 fully saturated rings. The van der Waals surface area contributed by atoms with E-state index < -0.39 is 6.04 Å². The lowest BCUT2D eigenvalue weighted by molar-refractivity contribution is -0.147. The molecule has 2 heterocycles. The number of hydrogen-bond acceptors (Lipinski definition) is 5.